The van der Waals surface area contributed by atoms with E-state index in [0.717, 1.165) is 11.1 Å². The summed E-state index contributed by atoms with van der Waals surface area (Å²) in [6.45, 7) is 0.429. The zero-order chi connectivity index (χ0) is 24.3. The second kappa shape index (κ2) is 12.2. The molecule has 0 spiro atoms. The first-order valence-corrected chi connectivity index (χ1v) is 10.8. The third kappa shape index (κ3) is 7.18. The van der Waals surface area contributed by atoms with Crippen LogP contribution in [-0.2, 0) is 11.3 Å². The number of hydrogen-bond acceptors (Lipinski definition) is 5. The van der Waals surface area contributed by atoms with Gasteiger partial charge in [0.1, 0.15) is 0 Å². The van der Waals surface area contributed by atoms with Crippen molar-refractivity contribution in [1.29, 1.82) is 0 Å². The summed E-state index contributed by atoms with van der Waals surface area (Å²) in [5, 5.41) is 8.50. The Hall–Kier alpha value is -4.17. The van der Waals surface area contributed by atoms with E-state index in [9.17, 15) is 9.59 Å². The van der Waals surface area contributed by atoms with Gasteiger partial charge in [0.2, 0.25) is 5.91 Å². The monoisotopic (exact) mass is 475 g/mol. The zero-order valence-electron chi connectivity index (χ0n) is 18.8. The van der Waals surface area contributed by atoms with Gasteiger partial charge in [0.25, 0.3) is 5.91 Å². The number of amides is 2. The van der Waals surface area contributed by atoms with Crippen molar-refractivity contribution in [2.24, 2.45) is 0 Å². The van der Waals surface area contributed by atoms with Crippen LogP contribution in [0.5, 0.6) is 11.5 Å². The molecule has 0 aromatic heterocycles. The van der Waals surface area contributed by atoms with Gasteiger partial charge in [-0.15, -0.1) is 0 Å². The minimum absolute atomic E-state index is 0.115. The highest BCUT2D eigenvalue weighted by atomic mass is 32.1. The Morgan fingerprint density at radius 1 is 0.912 bits per heavy atom. The second-order valence-corrected chi connectivity index (χ2v) is 7.55. The molecule has 0 saturated carbocycles. The van der Waals surface area contributed by atoms with Crippen LogP contribution in [0.1, 0.15) is 21.5 Å². The van der Waals surface area contributed by atoms with E-state index in [1.165, 1.54) is 6.08 Å². The van der Waals surface area contributed by atoms with E-state index in [2.05, 4.69) is 16.0 Å². The molecule has 2 amide bonds. The number of methoxy groups -OCH3 is 2. The molecule has 0 atom stereocenters. The molecule has 0 radical (unpaired) electrons. The number of carbonyl (C=O) groups is 2. The van der Waals surface area contributed by atoms with Gasteiger partial charge >= 0.3 is 0 Å². The summed E-state index contributed by atoms with van der Waals surface area (Å²) >= 11 is 5.23. The fraction of sp³-hybridized carbons (Fsp3) is 0.115. The number of rotatable bonds is 8. The van der Waals surface area contributed by atoms with E-state index in [1.54, 1.807) is 62.8 Å². The van der Waals surface area contributed by atoms with E-state index < -0.39 is 5.91 Å². The quantitative estimate of drug-likeness (QED) is 0.335. The van der Waals surface area contributed by atoms with Crippen LogP contribution in [0.25, 0.3) is 6.08 Å². The highest BCUT2D eigenvalue weighted by molar-refractivity contribution is 7.80. The Balaban J connectivity index is 1.53. The molecule has 34 heavy (non-hydrogen) atoms. The Labute approximate surface area is 203 Å². The largest absolute Gasteiger partial charge is 0.493 e. The van der Waals surface area contributed by atoms with Crippen LogP contribution in [-0.4, -0.2) is 31.1 Å². The van der Waals surface area contributed by atoms with Gasteiger partial charge < -0.3 is 20.1 Å². The second-order valence-electron chi connectivity index (χ2n) is 7.14. The summed E-state index contributed by atoms with van der Waals surface area (Å²) in [5.74, 6) is 0.560. The molecule has 7 nitrogen and oxygen atoms in total. The van der Waals surface area contributed by atoms with Gasteiger partial charge in [-0.3, -0.25) is 14.9 Å². The number of nitrogens with one attached hydrogen (secondary N) is 3. The predicted octanol–water partition coefficient (Wildman–Crippen LogP) is 4.16. The van der Waals surface area contributed by atoms with E-state index in [-0.39, 0.29) is 11.0 Å². The summed E-state index contributed by atoms with van der Waals surface area (Å²) in [5.41, 5.74) is 2.83. The fourth-order valence-corrected chi connectivity index (χ4v) is 3.28. The molecule has 8 heteroatoms. The molecule has 0 fully saturated rings. The highest BCUT2D eigenvalue weighted by Crippen LogP contribution is 2.27. The summed E-state index contributed by atoms with van der Waals surface area (Å²) < 4.78 is 10.5. The summed E-state index contributed by atoms with van der Waals surface area (Å²) in [7, 11) is 3.10. The molecule has 3 rings (SSSR count). The van der Waals surface area contributed by atoms with E-state index >= 15 is 0 Å². The molecule has 0 aliphatic heterocycles. The van der Waals surface area contributed by atoms with Crippen molar-refractivity contribution >= 4 is 40.9 Å². The van der Waals surface area contributed by atoms with Crippen LogP contribution < -0.4 is 25.4 Å². The van der Waals surface area contributed by atoms with Crippen molar-refractivity contribution in [3.63, 3.8) is 0 Å². The molecule has 3 N–H and O–H groups in total. The molecule has 0 bridgehead atoms. The number of carbonyl (C=O) groups excluding carboxylic acids is 2. The highest BCUT2D eigenvalue weighted by Gasteiger charge is 2.08. The lowest BCUT2D eigenvalue weighted by Gasteiger charge is -2.10. The SMILES string of the molecule is COc1ccc(/C=C/C(=O)NC(=S)Nc2cccc(C(=O)NCc3ccccc3)c2)cc1OC. The van der Waals surface area contributed by atoms with Crippen LogP contribution in [0, 0.1) is 0 Å². The first-order chi connectivity index (χ1) is 16.5. The standard InChI is InChI=1S/C26H25N3O4S/c1-32-22-13-11-18(15-23(22)33-2)12-14-24(30)29-26(34)28-21-10-6-9-20(16-21)25(31)27-17-19-7-4-3-5-8-19/h3-16H,17H2,1-2H3,(H,27,31)(H2,28,29,30,34)/b14-12+. The Morgan fingerprint density at radius 2 is 1.68 bits per heavy atom. The minimum Gasteiger partial charge on any atom is -0.493 e. The molecule has 0 unspecified atom stereocenters. The van der Waals surface area contributed by atoms with Gasteiger partial charge in [0, 0.05) is 23.9 Å². The molecule has 0 aliphatic rings. The topological polar surface area (TPSA) is 88.7 Å². The molecule has 0 heterocycles. The maximum Gasteiger partial charge on any atom is 0.251 e. The lowest BCUT2D eigenvalue weighted by molar-refractivity contribution is -0.115. The van der Waals surface area contributed by atoms with E-state index in [4.69, 9.17) is 21.7 Å². The molecular weight excluding hydrogens is 450 g/mol. The van der Waals surface area contributed by atoms with Crippen molar-refractivity contribution in [2.75, 3.05) is 19.5 Å². The number of benzene rings is 3. The lowest BCUT2D eigenvalue weighted by Crippen LogP contribution is -2.33. The van der Waals surface area contributed by atoms with Crippen molar-refractivity contribution in [3.05, 3.63) is 95.6 Å². The van der Waals surface area contributed by atoms with Crippen molar-refractivity contribution < 1.29 is 19.1 Å². The van der Waals surface area contributed by atoms with Gasteiger partial charge in [-0.1, -0.05) is 42.5 Å². The van der Waals surface area contributed by atoms with Crippen molar-refractivity contribution in [1.82, 2.24) is 10.6 Å². The van der Waals surface area contributed by atoms with Gasteiger partial charge in [-0.05, 0) is 59.8 Å². The predicted molar refractivity (Wildman–Crippen MR) is 137 cm³/mol. The fourth-order valence-electron chi connectivity index (χ4n) is 3.06. The van der Waals surface area contributed by atoms with Gasteiger partial charge in [0.15, 0.2) is 16.6 Å². The van der Waals surface area contributed by atoms with Gasteiger partial charge in [-0.2, -0.15) is 0 Å². The van der Waals surface area contributed by atoms with Gasteiger partial charge in [0.05, 0.1) is 14.2 Å². The summed E-state index contributed by atoms with van der Waals surface area (Å²) in [6.07, 6.45) is 3.00. The summed E-state index contributed by atoms with van der Waals surface area (Å²) in [6, 6.07) is 21.8. The molecule has 3 aromatic rings. The Bertz CT molecular complexity index is 1200. The average molecular weight is 476 g/mol. The van der Waals surface area contributed by atoms with Crippen LogP contribution in [0.4, 0.5) is 5.69 Å². The number of thiocarbonyl (C=S) groups is 1. The smallest absolute Gasteiger partial charge is 0.251 e. The third-order valence-corrected chi connectivity index (χ3v) is 4.95. The zero-order valence-corrected chi connectivity index (χ0v) is 19.6. The number of anilines is 1. The third-order valence-electron chi connectivity index (χ3n) is 4.75. The summed E-state index contributed by atoms with van der Waals surface area (Å²) in [4.78, 5) is 24.7. The van der Waals surface area contributed by atoms with Crippen LogP contribution >= 0.6 is 12.2 Å². The van der Waals surface area contributed by atoms with Gasteiger partial charge in [-0.25, -0.2) is 0 Å². The maximum atomic E-state index is 12.5. The normalized spacial score (nSPS) is 10.4. The molecular formula is C26H25N3O4S. The van der Waals surface area contributed by atoms with Crippen LogP contribution in [0.15, 0.2) is 78.9 Å². The van der Waals surface area contributed by atoms with Crippen molar-refractivity contribution in [3.8, 4) is 11.5 Å². The number of ether oxygens (including phenoxy) is 2. The van der Waals surface area contributed by atoms with E-state index in [0.29, 0.717) is 29.3 Å². The molecule has 0 saturated heterocycles. The van der Waals surface area contributed by atoms with Crippen LogP contribution in [0.3, 0.4) is 0 Å². The minimum atomic E-state index is -0.399. The maximum absolute atomic E-state index is 12.5. The molecule has 0 aliphatic carbocycles. The first-order valence-electron chi connectivity index (χ1n) is 10.4. The van der Waals surface area contributed by atoms with E-state index in [1.807, 2.05) is 30.3 Å². The van der Waals surface area contributed by atoms with Crippen molar-refractivity contribution in [2.45, 2.75) is 6.54 Å². The average Bonchev–Trinajstić information content (AvgIpc) is 2.86. The Kier molecular flexibility index (Phi) is 8.76. The number of hydrogen-bond donors (Lipinski definition) is 3. The molecule has 174 valence electrons. The first kappa shape index (κ1) is 24.5. The lowest BCUT2D eigenvalue weighted by atomic mass is 10.1. The van der Waals surface area contributed by atoms with Crippen LogP contribution in [0.2, 0.25) is 0 Å². The Morgan fingerprint density at radius 3 is 2.41 bits per heavy atom. The molecule has 3 aromatic carbocycles.